The quantitative estimate of drug-likeness (QED) is 0.778. The summed E-state index contributed by atoms with van der Waals surface area (Å²) in [5, 5.41) is 0. The highest BCUT2D eigenvalue weighted by atomic mass is 16.3. The van der Waals surface area contributed by atoms with Gasteiger partial charge >= 0.3 is 0 Å². The minimum atomic E-state index is -0.106. The lowest BCUT2D eigenvalue weighted by atomic mass is 10.2. The zero-order valence-corrected chi connectivity index (χ0v) is 14.1. The second-order valence-corrected chi connectivity index (χ2v) is 5.61. The summed E-state index contributed by atoms with van der Waals surface area (Å²) in [5.41, 5.74) is 7.70. The molecule has 7 nitrogen and oxygen atoms in total. The van der Waals surface area contributed by atoms with E-state index in [-0.39, 0.29) is 5.91 Å². The van der Waals surface area contributed by atoms with Crippen LogP contribution >= 0.6 is 0 Å². The fourth-order valence-corrected chi connectivity index (χ4v) is 2.73. The molecular formula is C17H21N5O2. The van der Waals surface area contributed by atoms with Crippen LogP contribution in [0.4, 0.5) is 5.95 Å². The summed E-state index contributed by atoms with van der Waals surface area (Å²) < 4.78 is 7.38. The molecule has 0 bridgehead atoms. The number of fused-ring (bicyclic) bond motifs is 1. The topological polar surface area (TPSA) is 90.2 Å². The van der Waals surface area contributed by atoms with Gasteiger partial charge in [-0.05, 0) is 39.0 Å². The number of aryl methyl sites for hydroxylation is 2. The third-order valence-electron chi connectivity index (χ3n) is 3.99. The summed E-state index contributed by atoms with van der Waals surface area (Å²) in [7, 11) is 0. The summed E-state index contributed by atoms with van der Waals surface area (Å²) in [5.74, 6) is 1.89. The van der Waals surface area contributed by atoms with E-state index in [1.54, 1.807) is 17.2 Å². The lowest BCUT2D eigenvalue weighted by Gasteiger charge is -2.19. The first-order valence-electron chi connectivity index (χ1n) is 7.99. The van der Waals surface area contributed by atoms with Crippen LogP contribution in [0.15, 0.2) is 28.8 Å². The molecule has 0 fully saturated rings. The summed E-state index contributed by atoms with van der Waals surface area (Å²) in [4.78, 5) is 23.1. The van der Waals surface area contributed by atoms with Crippen molar-refractivity contribution in [3.05, 3.63) is 41.5 Å². The Kier molecular flexibility index (Phi) is 4.24. The maximum Gasteiger partial charge on any atom is 0.255 e. The van der Waals surface area contributed by atoms with Gasteiger partial charge in [0.05, 0.1) is 12.1 Å². The number of aromatic nitrogens is 3. The van der Waals surface area contributed by atoms with E-state index in [1.807, 2.05) is 37.5 Å². The number of hydrogen-bond donors (Lipinski definition) is 1. The van der Waals surface area contributed by atoms with E-state index in [4.69, 9.17) is 10.2 Å². The van der Waals surface area contributed by atoms with Gasteiger partial charge in [-0.25, -0.2) is 9.97 Å². The van der Waals surface area contributed by atoms with Crippen LogP contribution in [-0.2, 0) is 13.1 Å². The number of anilines is 1. The smallest absolute Gasteiger partial charge is 0.255 e. The average molecular weight is 327 g/mol. The van der Waals surface area contributed by atoms with Gasteiger partial charge in [0, 0.05) is 19.3 Å². The number of nitrogens with zero attached hydrogens (tertiary/aromatic N) is 4. The number of hydrogen-bond acceptors (Lipinski definition) is 5. The van der Waals surface area contributed by atoms with E-state index >= 15 is 0 Å². The number of rotatable bonds is 5. The van der Waals surface area contributed by atoms with Crippen molar-refractivity contribution in [2.24, 2.45) is 0 Å². The molecule has 0 aliphatic heterocycles. The molecule has 3 heterocycles. The Hall–Kier alpha value is -2.83. The zero-order chi connectivity index (χ0) is 17.3. The summed E-state index contributed by atoms with van der Waals surface area (Å²) in [6, 6.07) is 5.51. The summed E-state index contributed by atoms with van der Waals surface area (Å²) in [6.45, 7) is 7.47. The highest BCUT2D eigenvalue weighted by Gasteiger charge is 2.18. The molecule has 3 aromatic rings. The van der Waals surface area contributed by atoms with Crippen LogP contribution in [0, 0.1) is 6.92 Å². The fraction of sp³-hybridized carbons (Fsp3) is 0.353. The van der Waals surface area contributed by atoms with Gasteiger partial charge in [-0.2, -0.15) is 0 Å². The first kappa shape index (κ1) is 16.0. The minimum absolute atomic E-state index is 0.106. The number of carbonyl (C=O) groups excluding carboxylic acids is 1. The highest BCUT2D eigenvalue weighted by molar-refractivity contribution is 5.96. The Labute approximate surface area is 140 Å². The molecule has 24 heavy (non-hydrogen) atoms. The van der Waals surface area contributed by atoms with Crippen molar-refractivity contribution in [1.82, 2.24) is 19.4 Å². The van der Waals surface area contributed by atoms with Gasteiger partial charge in [0.25, 0.3) is 5.91 Å². The van der Waals surface area contributed by atoms with E-state index in [9.17, 15) is 4.79 Å². The molecule has 0 saturated heterocycles. The molecular weight excluding hydrogens is 306 g/mol. The average Bonchev–Trinajstić information content (AvgIpc) is 3.12. The standard InChI is InChI=1S/C17H21N5O2/c1-4-21(10-13-7-6-11(3)24-13)16(23)12-8-14-15(19-9-12)22(5-2)17(18)20-14/h6-9H,4-5,10H2,1-3H3,(H2,18,20). The third-order valence-corrected chi connectivity index (χ3v) is 3.99. The number of amides is 1. The number of imidazole rings is 1. The summed E-state index contributed by atoms with van der Waals surface area (Å²) >= 11 is 0. The Balaban J connectivity index is 1.88. The van der Waals surface area contributed by atoms with Gasteiger partial charge in [-0.1, -0.05) is 0 Å². The van der Waals surface area contributed by atoms with Crippen molar-refractivity contribution < 1.29 is 9.21 Å². The van der Waals surface area contributed by atoms with Crippen LogP contribution in [0.2, 0.25) is 0 Å². The van der Waals surface area contributed by atoms with Crippen molar-refractivity contribution in [3.8, 4) is 0 Å². The first-order chi connectivity index (χ1) is 11.5. The Bertz CT molecular complexity index is 880. The SMILES string of the molecule is CCN(Cc1ccc(C)o1)C(=O)c1cnc2c(c1)nc(N)n2CC. The Morgan fingerprint density at radius 3 is 2.79 bits per heavy atom. The molecule has 1 amide bonds. The van der Waals surface area contributed by atoms with Crippen molar-refractivity contribution in [3.63, 3.8) is 0 Å². The largest absolute Gasteiger partial charge is 0.464 e. The van der Waals surface area contributed by atoms with Crippen molar-refractivity contribution in [1.29, 1.82) is 0 Å². The lowest BCUT2D eigenvalue weighted by Crippen LogP contribution is -2.30. The molecule has 2 N–H and O–H groups in total. The molecule has 3 rings (SSSR count). The Morgan fingerprint density at radius 2 is 2.17 bits per heavy atom. The molecule has 126 valence electrons. The molecule has 0 aromatic carbocycles. The number of furan rings is 1. The zero-order valence-electron chi connectivity index (χ0n) is 14.1. The van der Waals surface area contributed by atoms with Crippen LogP contribution in [0.25, 0.3) is 11.2 Å². The van der Waals surface area contributed by atoms with E-state index < -0.39 is 0 Å². The molecule has 0 radical (unpaired) electrons. The van der Waals surface area contributed by atoms with Crippen LogP contribution in [0.1, 0.15) is 35.7 Å². The van der Waals surface area contributed by atoms with E-state index in [0.717, 1.165) is 11.5 Å². The molecule has 3 aromatic heterocycles. The fourth-order valence-electron chi connectivity index (χ4n) is 2.73. The minimum Gasteiger partial charge on any atom is -0.464 e. The van der Waals surface area contributed by atoms with Crippen LogP contribution in [0.5, 0.6) is 0 Å². The molecule has 0 spiro atoms. The highest BCUT2D eigenvalue weighted by Crippen LogP contribution is 2.18. The molecule has 0 saturated carbocycles. The van der Waals surface area contributed by atoms with E-state index in [2.05, 4.69) is 9.97 Å². The lowest BCUT2D eigenvalue weighted by molar-refractivity contribution is 0.0740. The van der Waals surface area contributed by atoms with Gasteiger partial charge in [0.15, 0.2) is 5.65 Å². The molecule has 0 atom stereocenters. The second-order valence-electron chi connectivity index (χ2n) is 5.61. The van der Waals surface area contributed by atoms with Crippen LogP contribution < -0.4 is 5.73 Å². The molecule has 0 aliphatic rings. The summed E-state index contributed by atoms with van der Waals surface area (Å²) in [6.07, 6.45) is 1.58. The monoisotopic (exact) mass is 327 g/mol. The molecule has 0 unspecified atom stereocenters. The number of nitrogens with two attached hydrogens (primary N) is 1. The van der Waals surface area contributed by atoms with Gasteiger partial charge in [0.2, 0.25) is 5.95 Å². The first-order valence-corrected chi connectivity index (χ1v) is 7.99. The van der Waals surface area contributed by atoms with E-state index in [1.165, 1.54) is 0 Å². The van der Waals surface area contributed by atoms with E-state index in [0.29, 0.717) is 42.3 Å². The maximum atomic E-state index is 12.8. The van der Waals surface area contributed by atoms with Crippen molar-refractivity contribution >= 4 is 23.0 Å². The van der Waals surface area contributed by atoms with Gasteiger partial charge in [-0.15, -0.1) is 0 Å². The van der Waals surface area contributed by atoms with Gasteiger partial charge in [-0.3, -0.25) is 9.36 Å². The maximum absolute atomic E-state index is 12.8. The predicted molar refractivity (Wildman–Crippen MR) is 91.5 cm³/mol. The molecule has 7 heteroatoms. The van der Waals surface area contributed by atoms with Crippen molar-refractivity contribution in [2.75, 3.05) is 12.3 Å². The third kappa shape index (κ3) is 2.84. The number of nitrogen functional groups attached to an aromatic ring is 1. The predicted octanol–water partition coefficient (Wildman–Crippen LogP) is 2.60. The normalized spacial score (nSPS) is 11.1. The van der Waals surface area contributed by atoms with Gasteiger partial charge in [0.1, 0.15) is 17.0 Å². The Morgan fingerprint density at radius 1 is 1.38 bits per heavy atom. The van der Waals surface area contributed by atoms with Crippen LogP contribution in [0.3, 0.4) is 0 Å². The number of carbonyl (C=O) groups is 1. The second kappa shape index (κ2) is 6.35. The van der Waals surface area contributed by atoms with Gasteiger partial charge < -0.3 is 15.1 Å². The van der Waals surface area contributed by atoms with Crippen LogP contribution in [-0.4, -0.2) is 31.9 Å². The molecule has 0 aliphatic carbocycles. The van der Waals surface area contributed by atoms with Crippen molar-refractivity contribution in [2.45, 2.75) is 33.9 Å². The number of pyridine rings is 1.